The van der Waals surface area contributed by atoms with Gasteiger partial charge in [0.15, 0.2) is 0 Å². The summed E-state index contributed by atoms with van der Waals surface area (Å²) in [6, 6.07) is 0.659. The summed E-state index contributed by atoms with van der Waals surface area (Å²) in [6.07, 6.45) is 8.64. The van der Waals surface area contributed by atoms with E-state index in [2.05, 4.69) is 23.0 Å². The largest absolute Gasteiger partial charge is 0.332 e. The predicted molar refractivity (Wildman–Crippen MR) is 64.7 cm³/mol. The first-order valence-corrected chi connectivity index (χ1v) is 6.63. The SMILES string of the molecule is C[C@@H]1CCCc2nc(C3CCNCC3)cn21. The van der Waals surface area contributed by atoms with E-state index in [9.17, 15) is 0 Å². The lowest BCUT2D eigenvalue weighted by Crippen LogP contribution is -2.26. The minimum atomic E-state index is 0.659. The molecule has 1 saturated heterocycles. The van der Waals surface area contributed by atoms with Crippen molar-refractivity contribution in [1.82, 2.24) is 14.9 Å². The number of nitrogens with one attached hydrogen (secondary N) is 1. The van der Waals surface area contributed by atoms with Crippen molar-refractivity contribution in [1.29, 1.82) is 0 Å². The molecule has 2 aliphatic rings. The standard InChI is InChI=1S/C13H21N3/c1-10-3-2-4-13-15-12(9-16(10)13)11-5-7-14-8-6-11/h9-11,14H,2-8H2,1H3/t10-/m1/s1. The van der Waals surface area contributed by atoms with Crippen LogP contribution in [0.2, 0.25) is 0 Å². The van der Waals surface area contributed by atoms with Gasteiger partial charge in [0.05, 0.1) is 5.69 Å². The highest BCUT2D eigenvalue weighted by atomic mass is 15.1. The topological polar surface area (TPSA) is 29.9 Å². The Morgan fingerprint density at radius 1 is 1.31 bits per heavy atom. The minimum Gasteiger partial charge on any atom is -0.332 e. The summed E-state index contributed by atoms with van der Waals surface area (Å²) in [5.41, 5.74) is 1.35. The van der Waals surface area contributed by atoms with E-state index in [0.29, 0.717) is 12.0 Å². The van der Waals surface area contributed by atoms with Crippen LogP contribution in [0.3, 0.4) is 0 Å². The molecule has 3 heteroatoms. The molecule has 0 radical (unpaired) electrons. The number of aryl methyl sites for hydroxylation is 1. The van der Waals surface area contributed by atoms with Crippen molar-refractivity contribution in [3.63, 3.8) is 0 Å². The molecule has 0 amide bonds. The van der Waals surface area contributed by atoms with Crippen molar-refractivity contribution in [2.24, 2.45) is 0 Å². The molecule has 1 aromatic heterocycles. The average molecular weight is 219 g/mol. The van der Waals surface area contributed by atoms with Crippen molar-refractivity contribution in [2.45, 2.75) is 51.0 Å². The van der Waals surface area contributed by atoms with Crippen LogP contribution in [0.5, 0.6) is 0 Å². The molecule has 3 nitrogen and oxygen atoms in total. The number of piperidine rings is 1. The van der Waals surface area contributed by atoms with Crippen LogP contribution in [-0.4, -0.2) is 22.6 Å². The Bertz CT molecular complexity index is 363. The third-order valence-electron chi connectivity index (χ3n) is 4.08. The number of rotatable bonds is 1. The van der Waals surface area contributed by atoms with Gasteiger partial charge in [-0.25, -0.2) is 4.98 Å². The maximum absolute atomic E-state index is 4.86. The van der Waals surface area contributed by atoms with E-state index in [1.807, 2.05) is 0 Å². The molecule has 1 fully saturated rings. The van der Waals surface area contributed by atoms with Gasteiger partial charge in [0, 0.05) is 24.6 Å². The highest BCUT2D eigenvalue weighted by Crippen LogP contribution is 2.29. The quantitative estimate of drug-likeness (QED) is 0.785. The fraction of sp³-hybridized carbons (Fsp3) is 0.769. The van der Waals surface area contributed by atoms with Crippen molar-refractivity contribution < 1.29 is 0 Å². The van der Waals surface area contributed by atoms with E-state index >= 15 is 0 Å². The average Bonchev–Trinajstić information content (AvgIpc) is 2.76. The fourth-order valence-corrected chi connectivity index (χ4v) is 3.03. The van der Waals surface area contributed by atoms with E-state index in [1.54, 1.807) is 0 Å². The molecule has 0 saturated carbocycles. The molecule has 2 aliphatic heterocycles. The number of nitrogens with zero attached hydrogens (tertiary/aromatic N) is 2. The summed E-state index contributed by atoms with van der Waals surface area (Å²) in [7, 11) is 0. The van der Waals surface area contributed by atoms with Gasteiger partial charge in [-0.15, -0.1) is 0 Å². The van der Waals surface area contributed by atoms with Crippen molar-refractivity contribution in [3.8, 4) is 0 Å². The minimum absolute atomic E-state index is 0.659. The van der Waals surface area contributed by atoms with Gasteiger partial charge in [0.1, 0.15) is 5.82 Å². The normalized spacial score (nSPS) is 26.7. The predicted octanol–water partition coefficient (Wildman–Crippen LogP) is 2.25. The Kier molecular flexibility index (Phi) is 2.72. The molecular formula is C13H21N3. The summed E-state index contributed by atoms with van der Waals surface area (Å²) in [6.45, 7) is 4.63. The van der Waals surface area contributed by atoms with Crippen molar-refractivity contribution in [3.05, 3.63) is 17.7 Å². The molecule has 3 rings (SSSR count). The smallest absolute Gasteiger partial charge is 0.109 e. The maximum atomic E-state index is 4.86. The molecule has 88 valence electrons. The van der Waals surface area contributed by atoms with Gasteiger partial charge in [-0.1, -0.05) is 0 Å². The lowest BCUT2D eigenvalue weighted by Gasteiger charge is -2.21. The number of fused-ring (bicyclic) bond motifs is 1. The second kappa shape index (κ2) is 4.21. The van der Waals surface area contributed by atoms with E-state index in [4.69, 9.17) is 4.98 Å². The number of hydrogen-bond donors (Lipinski definition) is 1. The lowest BCUT2D eigenvalue weighted by molar-refractivity contribution is 0.425. The number of hydrogen-bond acceptors (Lipinski definition) is 2. The number of aromatic nitrogens is 2. The van der Waals surface area contributed by atoms with Crippen LogP contribution in [0.15, 0.2) is 6.20 Å². The van der Waals surface area contributed by atoms with Gasteiger partial charge in [-0.05, 0) is 45.7 Å². The third-order valence-corrected chi connectivity index (χ3v) is 4.08. The van der Waals surface area contributed by atoms with Gasteiger partial charge >= 0.3 is 0 Å². The first-order valence-electron chi connectivity index (χ1n) is 6.63. The Hall–Kier alpha value is -0.830. The van der Waals surface area contributed by atoms with Crippen LogP contribution in [0.25, 0.3) is 0 Å². The molecule has 3 heterocycles. The van der Waals surface area contributed by atoms with Crippen LogP contribution in [0.4, 0.5) is 0 Å². The zero-order valence-corrected chi connectivity index (χ0v) is 10.1. The Labute approximate surface area is 97.3 Å². The molecule has 16 heavy (non-hydrogen) atoms. The summed E-state index contributed by atoms with van der Waals surface area (Å²) < 4.78 is 2.42. The molecule has 0 bridgehead atoms. The molecule has 1 atom stereocenters. The molecule has 0 spiro atoms. The van der Waals surface area contributed by atoms with E-state index < -0.39 is 0 Å². The second-order valence-electron chi connectivity index (χ2n) is 5.25. The van der Waals surface area contributed by atoms with Gasteiger partial charge in [-0.3, -0.25) is 0 Å². The van der Waals surface area contributed by atoms with Crippen LogP contribution in [-0.2, 0) is 6.42 Å². The lowest BCUT2D eigenvalue weighted by atomic mass is 9.95. The van der Waals surface area contributed by atoms with Crippen molar-refractivity contribution >= 4 is 0 Å². The molecule has 0 unspecified atom stereocenters. The number of imidazole rings is 1. The second-order valence-corrected chi connectivity index (χ2v) is 5.25. The van der Waals surface area contributed by atoms with Gasteiger partial charge in [0.25, 0.3) is 0 Å². The molecule has 0 aromatic carbocycles. The Balaban J connectivity index is 1.85. The zero-order chi connectivity index (χ0) is 11.0. The zero-order valence-electron chi connectivity index (χ0n) is 10.1. The molecule has 1 aromatic rings. The monoisotopic (exact) mass is 219 g/mol. The Morgan fingerprint density at radius 2 is 2.12 bits per heavy atom. The first kappa shape index (κ1) is 10.3. The van der Waals surface area contributed by atoms with Gasteiger partial charge in [-0.2, -0.15) is 0 Å². The highest BCUT2D eigenvalue weighted by molar-refractivity contribution is 5.13. The fourth-order valence-electron chi connectivity index (χ4n) is 3.03. The summed E-state index contributed by atoms with van der Waals surface area (Å²) in [4.78, 5) is 4.86. The highest BCUT2D eigenvalue weighted by Gasteiger charge is 2.23. The van der Waals surface area contributed by atoms with E-state index in [0.717, 1.165) is 13.1 Å². The molecule has 0 aliphatic carbocycles. The Morgan fingerprint density at radius 3 is 2.88 bits per heavy atom. The summed E-state index contributed by atoms with van der Waals surface area (Å²) in [5.74, 6) is 2.03. The maximum Gasteiger partial charge on any atom is 0.109 e. The van der Waals surface area contributed by atoms with Crippen LogP contribution >= 0.6 is 0 Å². The molecule has 1 N–H and O–H groups in total. The van der Waals surface area contributed by atoms with E-state index in [1.165, 1.54) is 43.6 Å². The molecular weight excluding hydrogens is 198 g/mol. The van der Waals surface area contributed by atoms with Crippen LogP contribution < -0.4 is 5.32 Å². The van der Waals surface area contributed by atoms with Gasteiger partial charge < -0.3 is 9.88 Å². The third kappa shape index (κ3) is 1.77. The first-order chi connectivity index (χ1) is 7.84. The van der Waals surface area contributed by atoms with Crippen molar-refractivity contribution in [2.75, 3.05) is 13.1 Å². The summed E-state index contributed by atoms with van der Waals surface area (Å²) in [5, 5.41) is 3.42. The van der Waals surface area contributed by atoms with Crippen LogP contribution in [0, 0.1) is 0 Å². The van der Waals surface area contributed by atoms with Gasteiger partial charge in [0.2, 0.25) is 0 Å². The summed E-state index contributed by atoms with van der Waals surface area (Å²) >= 11 is 0. The van der Waals surface area contributed by atoms with E-state index in [-0.39, 0.29) is 0 Å². The van der Waals surface area contributed by atoms with Crippen LogP contribution in [0.1, 0.15) is 56.1 Å².